The minimum Gasteiger partial charge on any atom is -0.481 e. The van der Waals surface area contributed by atoms with Gasteiger partial charge in [-0.05, 0) is 101 Å². The minimum atomic E-state index is -0.712. The number of benzene rings is 1. The van der Waals surface area contributed by atoms with Gasteiger partial charge in [-0.1, -0.05) is 37.8 Å². The number of aliphatic carboxylic acids is 2. The van der Waals surface area contributed by atoms with Crippen molar-refractivity contribution < 1.29 is 19.8 Å². The van der Waals surface area contributed by atoms with Crippen molar-refractivity contribution in [3.63, 3.8) is 0 Å². The van der Waals surface area contributed by atoms with Gasteiger partial charge in [0, 0.05) is 0 Å². The second kappa shape index (κ2) is 10.5. The van der Waals surface area contributed by atoms with Gasteiger partial charge >= 0.3 is 11.9 Å². The molecule has 0 saturated heterocycles. The first-order valence-electron chi connectivity index (χ1n) is 11.6. The average Bonchev–Trinajstić information content (AvgIpc) is 3.45. The van der Waals surface area contributed by atoms with Crippen molar-refractivity contribution in [2.24, 2.45) is 10.8 Å². The van der Waals surface area contributed by atoms with E-state index in [0.29, 0.717) is 0 Å². The number of unbranched alkanes of at least 4 members (excludes halogenated alkanes) is 4. The molecule has 0 bridgehead atoms. The van der Waals surface area contributed by atoms with E-state index in [4.69, 9.17) is 0 Å². The Balaban J connectivity index is 1.75. The summed E-state index contributed by atoms with van der Waals surface area (Å²) in [5.74, 6) is -1.32. The molecule has 2 rings (SSSR count). The van der Waals surface area contributed by atoms with Crippen LogP contribution in [0.25, 0.3) is 0 Å². The topological polar surface area (TPSA) is 74.6 Å². The van der Waals surface area contributed by atoms with Crippen molar-refractivity contribution in [1.82, 2.24) is 0 Å². The Morgan fingerprint density at radius 2 is 1.57 bits per heavy atom. The van der Waals surface area contributed by atoms with Crippen LogP contribution >= 0.6 is 0 Å². The van der Waals surface area contributed by atoms with Crippen LogP contribution < -0.4 is 0 Å². The number of hydrogen-bond donors (Lipinski definition) is 2. The summed E-state index contributed by atoms with van der Waals surface area (Å²) in [6.07, 6.45) is 11.7. The first-order valence-corrected chi connectivity index (χ1v) is 11.6. The maximum Gasteiger partial charge on any atom is 0.309 e. The number of hydrogen-bond acceptors (Lipinski definition) is 2. The fourth-order valence-corrected chi connectivity index (χ4v) is 4.27. The van der Waals surface area contributed by atoms with E-state index in [-0.39, 0.29) is 5.41 Å². The highest BCUT2D eigenvalue weighted by Crippen LogP contribution is 2.50. The Kier molecular flexibility index (Phi) is 8.52. The van der Waals surface area contributed by atoms with Crippen LogP contribution in [0.1, 0.15) is 100 Å². The van der Waals surface area contributed by atoms with Gasteiger partial charge < -0.3 is 10.2 Å². The molecule has 0 amide bonds. The zero-order chi connectivity index (χ0) is 22.4. The van der Waals surface area contributed by atoms with Crippen LogP contribution in [0.3, 0.4) is 0 Å². The van der Waals surface area contributed by atoms with Crippen molar-refractivity contribution in [3.05, 3.63) is 34.4 Å². The van der Waals surface area contributed by atoms with Gasteiger partial charge in [-0.2, -0.15) is 0 Å². The number of carboxylic acids is 2. The van der Waals surface area contributed by atoms with Crippen LogP contribution in [0.4, 0.5) is 0 Å². The highest BCUT2D eigenvalue weighted by atomic mass is 16.4. The molecule has 1 aliphatic carbocycles. The first kappa shape index (κ1) is 24.4. The molecule has 168 valence electrons. The normalized spacial score (nSPS) is 15.2. The Labute approximate surface area is 182 Å². The third kappa shape index (κ3) is 6.85. The van der Waals surface area contributed by atoms with Gasteiger partial charge in [-0.25, -0.2) is 0 Å². The fourth-order valence-electron chi connectivity index (χ4n) is 4.27. The summed E-state index contributed by atoms with van der Waals surface area (Å²) < 4.78 is 0. The molecule has 0 unspecified atom stereocenters. The van der Waals surface area contributed by atoms with Crippen LogP contribution in [0.5, 0.6) is 0 Å². The summed E-state index contributed by atoms with van der Waals surface area (Å²) in [5.41, 5.74) is 4.52. The van der Waals surface area contributed by atoms with E-state index in [0.717, 1.165) is 77.0 Å². The van der Waals surface area contributed by atoms with Gasteiger partial charge in [0.05, 0.1) is 10.8 Å². The van der Waals surface area contributed by atoms with Crippen LogP contribution in [0.15, 0.2) is 12.1 Å². The van der Waals surface area contributed by atoms with Crippen LogP contribution in [0.2, 0.25) is 0 Å². The molecule has 0 aromatic heterocycles. The molecule has 0 atom stereocenters. The lowest BCUT2D eigenvalue weighted by atomic mass is 9.87. The fraction of sp³-hybridized carbons (Fsp3) is 0.692. The highest BCUT2D eigenvalue weighted by molar-refractivity contribution is 5.77. The zero-order valence-corrected chi connectivity index (χ0v) is 19.4. The molecule has 30 heavy (non-hydrogen) atoms. The van der Waals surface area contributed by atoms with Gasteiger partial charge in [0.15, 0.2) is 0 Å². The summed E-state index contributed by atoms with van der Waals surface area (Å²) in [4.78, 5) is 22.5. The van der Waals surface area contributed by atoms with E-state index >= 15 is 0 Å². The average molecular weight is 417 g/mol. The van der Waals surface area contributed by atoms with Gasteiger partial charge in [0.25, 0.3) is 0 Å². The van der Waals surface area contributed by atoms with Crippen LogP contribution in [-0.2, 0) is 22.4 Å². The maximum atomic E-state index is 11.3. The third-order valence-electron chi connectivity index (χ3n) is 7.09. The summed E-state index contributed by atoms with van der Waals surface area (Å²) in [7, 11) is 0. The molecule has 1 fully saturated rings. The molecule has 4 heteroatoms. The second-order valence-electron chi connectivity index (χ2n) is 10.1. The second-order valence-corrected chi connectivity index (χ2v) is 10.1. The third-order valence-corrected chi connectivity index (χ3v) is 7.09. The molecule has 0 spiro atoms. The van der Waals surface area contributed by atoms with E-state index in [1.54, 1.807) is 13.8 Å². The quantitative estimate of drug-likeness (QED) is 0.340. The number of aryl methyl sites for hydroxylation is 3. The Hall–Kier alpha value is -1.84. The predicted molar refractivity (Wildman–Crippen MR) is 121 cm³/mol. The van der Waals surface area contributed by atoms with E-state index in [2.05, 4.69) is 26.0 Å². The van der Waals surface area contributed by atoms with E-state index < -0.39 is 17.4 Å². The molecule has 1 saturated carbocycles. The van der Waals surface area contributed by atoms with Gasteiger partial charge in [0.1, 0.15) is 0 Å². The number of carboxylic acid groups (broad SMARTS) is 2. The van der Waals surface area contributed by atoms with Crippen molar-refractivity contribution in [1.29, 1.82) is 0 Å². The lowest BCUT2D eigenvalue weighted by molar-refractivity contribution is -0.147. The summed E-state index contributed by atoms with van der Waals surface area (Å²) in [6, 6.07) is 4.65. The van der Waals surface area contributed by atoms with Crippen molar-refractivity contribution in [2.45, 2.75) is 105 Å². The molecule has 1 aromatic carbocycles. The Morgan fingerprint density at radius 3 is 2.17 bits per heavy atom. The minimum absolute atomic E-state index is 0.383. The lowest BCUT2D eigenvalue weighted by Crippen LogP contribution is -2.23. The smallest absolute Gasteiger partial charge is 0.309 e. The summed E-state index contributed by atoms with van der Waals surface area (Å²) in [5, 5.41) is 18.5. The summed E-state index contributed by atoms with van der Waals surface area (Å²) >= 11 is 0. The molecule has 4 nitrogen and oxygen atoms in total. The molecule has 2 N–H and O–H groups in total. The van der Waals surface area contributed by atoms with E-state index in [1.807, 2.05) is 0 Å². The van der Waals surface area contributed by atoms with Crippen LogP contribution in [0, 0.1) is 24.7 Å². The standard InChI is InChI=1S/C26H40O4/c1-19-17-21(11-7-5-9-13-25(3,4)23(27)28)18-22(20(19)2)12-8-6-10-14-26(15-16-26)24(29)30/h17-18H,5-16H2,1-4H3,(H,27,28)(H,29,30). The largest absolute Gasteiger partial charge is 0.481 e. The lowest BCUT2D eigenvalue weighted by Gasteiger charge is -2.18. The van der Waals surface area contributed by atoms with Gasteiger partial charge in [-0.15, -0.1) is 0 Å². The Morgan fingerprint density at radius 1 is 0.933 bits per heavy atom. The summed E-state index contributed by atoms with van der Waals surface area (Å²) in [6.45, 7) is 7.99. The monoisotopic (exact) mass is 416 g/mol. The van der Waals surface area contributed by atoms with E-state index in [1.165, 1.54) is 22.3 Å². The molecular formula is C26H40O4. The molecule has 0 aliphatic heterocycles. The maximum absolute atomic E-state index is 11.3. The number of carbonyl (C=O) groups is 2. The van der Waals surface area contributed by atoms with Gasteiger partial charge in [-0.3, -0.25) is 9.59 Å². The zero-order valence-electron chi connectivity index (χ0n) is 19.4. The first-order chi connectivity index (χ1) is 14.1. The highest BCUT2D eigenvalue weighted by Gasteiger charge is 2.49. The molecule has 0 radical (unpaired) electrons. The van der Waals surface area contributed by atoms with Crippen molar-refractivity contribution in [3.8, 4) is 0 Å². The van der Waals surface area contributed by atoms with E-state index in [9.17, 15) is 19.8 Å². The van der Waals surface area contributed by atoms with Gasteiger partial charge in [0.2, 0.25) is 0 Å². The van der Waals surface area contributed by atoms with Crippen molar-refractivity contribution in [2.75, 3.05) is 0 Å². The molecule has 1 aliphatic rings. The Bertz CT molecular complexity index is 744. The van der Waals surface area contributed by atoms with Crippen molar-refractivity contribution >= 4 is 11.9 Å². The molecular weight excluding hydrogens is 376 g/mol. The molecule has 1 aromatic rings. The number of rotatable bonds is 14. The molecule has 0 heterocycles. The SMILES string of the molecule is Cc1cc(CCCCCC(C)(C)C(=O)O)cc(CCCCCC2(C(=O)O)CC2)c1C. The van der Waals surface area contributed by atoms with Crippen LogP contribution in [-0.4, -0.2) is 22.2 Å². The predicted octanol–water partition coefficient (Wildman–Crippen LogP) is 6.48.